The highest BCUT2D eigenvalue weighted by Gasteiger charge is 2.44. The van der Waals surface area contributed by atoms with Gasteiger partial charge >= 0.3 is 0 Å². The van der Waals surface area contributed by atoms with Gasteiger partial charge in [-0.05, 0) is 37.3 Å². The maximum atomic E-state index is 9.34. The van der Waals surface area contributed by atoms with Gasteiger partial charge in [-0.25, -0.2) is 0 Å². The highest BCUT2D eigenvalue weighted by atomic mass is 15.0. The Labute approximate surface area is 90.9 Å². The van der Waals surface area contributed by atoms with Crippen LogP contribution in [0.25, 0.3) is 0 Å². The molecule has 0 amide bonds. The lowest BCUT2D eigenvalue weighted by Crippen LogP contribution is -2.38. The SMILES string of the molecule is CCC(C#N)(Nc1ccccc1)C1CC1. The first-order valence-electron chi connectivity index (χ1n) is 5.55. The van der Waals surface area contributed by atoms with Crippen LogP contribution in [0.5, 0.6) is 0 Å². The van der Waals surface area contributed by atoms with E-state index >= 15 is 0 Å². The van der Waals surface area contributed by atoms with E-state index in [1.165, 1.54) is 12.8 Å². The fourth-order valence-corrected chi connectivity index (χ4v) is 2.03. The number of anilines is 1. The monoisotopic (exact) mass is 200 g/mol. The zero-order valence-electron chi connectivity index (χ0n) is 9.03. The lowest BCUT2D eigenvalue weighted by molar-refractivity contribution is 0.499. The number of benzene rings is 1. The van der Waals surface area contributed by atoms with Crippen molar-refractivity contribution in [2.45, 2.75) is 31.7 Å². The molecule has 1 N–H and O–H groups in total. The van der Waals surface area contributed by atoms with E-state index in [1.807, 2.05) is 30.3 Å². The van der Waals surface area contributed by atoms with Crippen molar-refractivity contribution in [3.63, 3.8) is 0 Å². The molecule has 0 spiro atoms. The van der Waals surface area contributed by atoms with Crippen LogP contribution >= 0.6 is 0 Å². The second-order valence-corrected chi connectivity index (χ2v) is 4.20. The summed E-state index contributed by atoms with van der Waals surface area (Å²) in [5.41, 5.74) is 0.703. The van der Waals surface area contributed by atoms with Crippen LogP contribution in [-0.2, 0) is 0 Å². The van der Waals surface area contributed by atoms with Crippen molar-refractivity contribution < 1.29 is 0 Å². The Kier molecular flexibility index (Phi) is 2.64. The molecule has 2 nitrogen and oxygen atoms in total. The smallest absolute Gasteiger partial charge is 0.127 e. The number of rotatable bonds is 4. The summed E-state index contributed by atoms with van der Waals surface area (Å²) in [4.78, 5) is 0. The Bertz CT molecular complexity index is 362. The van der Waals surface area contributed by atoms with E-state index in [-0.39, 0.29) is 5.54 Å². The first kappa shape index (κ1) is 10.0. The molecule has 15 heavy (non-hydrogen) atoms. The second kappa shape index (κ2) is 3.94. The third-order valence-electron chi connectivity index (χ3n) is 3.17. The molecule has 1 fully saturated rings. The molecule has 1 aromatic carbocycles. The summed E-state index contributed by atoms with van der Waals surface area (Å²) in [6.07, 6.45) is 3.23. The molecule has 1 aliphatic rings. The fourth-order valence-electron chi connectivity index (χ4n) is 2.03. The van der Waals surface area contributed by atoms with E-state index in [0.717, 1.165) is 12.1 Å². The summed E-state index contributed by atoms with van der Waals surface area (Å²) in [7, 11) is 0. The second-order valence-electron chi connectivity index (χ2n) is 4.20. The van der Waals surface area contributed by atoms with E-state index in [4.69, 9.17) is 0 Å². The Balaban J connectivity index is 2.17. The number of para-hydroxylation sites is 1. The molecule has 0 saturated heterocycles. The van der Waals surface area contributed by atoms with Gasteiger partial charge in [0.05, 0.1) is 6.07 Å². The zero-order chi connectivity index (χ0) is 10.7. The minimum atomic E-state index is -0.346. The maximum absolute atomic E-state index is 9.34. The molecule has 0 bridgehead atoms. The minimum absolute atomic E-state index is 0.346. The average Bonchev–Trinajstić information content (AvgIpc) is 3.12. The molecule has 1 atom stereocenters. The van der Waals surface area contributed by atoms with E-state index in [0.29, 0.717) is 5.92 Å². The minimum Gasteiger partial charge on any atom is -0.367 e. The molecule has 1 aliphatic carbocycles. The zero-order valence-corrected chi connectivity index (χ0v) is 9.03. The van der Waals surface area contributed by atoms with Crippen molar-refractivity contribution in [2.75, 3.05) is 5.32 Å². The summed E-state index contributed by atoms with van der Waals surface area (Å²) in [5.74, 6) is 0.535. The third-order valence-corrected chi connectivity index (χ3v) is 3.17. The molecule has 0 radical (unpaired) electrons. The third kappa shape index (κ3) is 1.97. The standard InChI is InChI=1S/C13H16N2/c1-2-13(10-14,11-8-9-11)15-12-6-4-3-5-7-12/h3-7,11,15H,2,8-9H2,1H3. The highest BCUT2D eigenvalue weighted by molar-refractivity contribution is 5.48. The average molecular weight is 200 g/mol. The van der Waals surface area contributed by atoms with Crippen LogP contribution in [0.2, 0.25) is 0 Å². The van der Waals surface area contributed by atoms with Crippen LogP contribution < -0.4 is 5.32 Å². The number of hydrogen-bond acceptors (Lipinski definition) is 2. The summed E-state index contributed by atoms with van der Waals surface area (Å²) in [6, 6.07) is 12.5. The van der Waals surface area contributed by atoms with Gasteiger partial charge in [0.2, 0.25) is 0 Å². The fraction of sp³-hybridized carbons (Fsp3) is 0.462. The number of hydrogen-bond donors (Lipinski definition) is 1. The Morgan fingerprint density at radius 1 is 1.40 bits per heavy atom. The maximum Gasteiger partial charge on any atom is 0.127 e. The van der Waals surface area contributed by atoms with E-state index in [2.05, 4.69) is 18.3 Å². The molecule has 1 unspecified atom stereocenters. The lowest BCUT2D eigenvalue weighted by atomic mass is 9.91. The summed E-state index contributed by atoms with van der Waals surface area (Å²) < 4.78 is 0. The van der Waals surface area contributed by atoms with Crippen molar-refractivity contribution in [3.8, 4) is 6.07 Å². The van der Waals surface area contributed by atoms with Crippen LogP contribution in [0.3, 0.4) is 0 Å². The number of nitrogens with zero attached hydrogens (tertiary/aromatic N) is 1. The Morgan fingerprint density at radius 3 is 2.53 bits per heavy atom. The van der Waals surface area contributed by atoms with Crippen molar-refractivity contribution in [1.29, 1.82) is 5.26 Å². The summed E-state index contributed by atoms with van der Waals surface area (Å²) >= 11 is 0. The Hall–Kier alpha value is -1.49. The van der Waals surface area contributed by atoms with E-state index in [9.17, 15) is 5.26 Å². The largest absolute Gasteiger partial charge is 0.367 e. The highest BCUT2D eigenvalue weighted by Crippen LogP contribution is 2.43. The predicted molar refractivity (Wildman–Crippen MR) is 61.4 cm³/mol. The molecule has 1 saturated carbocycles. The Morgan fingerprint density at radius 2 is 2.07 bits per heavy atom. The first-order chi connectivity index (χ1) is 7.30. The number of nitriles is 1. The van der Waals surface area contributed by atoms with Crippen molar-refractivity contribution >= 4 is 5.69 Å². The van der Waals surface area contributed by atoms with Gasteiger partial charge in [-0.15, -0.1) is 0 Å². The molecular weight excluding hydrogens is 184 g/mol. The van der Waals surface area contributed by atoms with Crippen LogP contribution in [0, 0.1) is 17.2 Å². The van der Waals surface area contributed by atoms with Crippen LogP contribution in [-0.4, -0.2) is 5.54 Å². The molecular formula is C13H16N2. The molecule has 0 aromatic heterocycles. The van der Waals surface area contributed by atoms with Crippen LogP contribution in [0.4, 0.5) is 5.69 Å². The summed E-state index contributed by atoms with van der Waals surface area (Å²) in [6.45, 7) is 2.08. The van der Waals surface area contributed by atoms with Crippen LogP contribution in [0.1, 0.15) is 26.2 Å². The summed E-state index contributed by atoms with van der Waals surface area (Å²) in [5, 5.41) is 12.7. The topological polar surface area (TPSA) is 35.8 Å². The number of nitrogens with one attached hydrogen (secondary N) is 1. The van der Waals surface area contributed by atoms with Gasteiger partial charge in [0, 0.05) is 5.69 Å². The predicted octanol–water partition coefficient (Wildman–Crippen LogP) is 3.18. The molecule has 2 rings (SSSR count). The van der Waals surface area contributed by atoms with Crippen LogP contribution in [0.15, 0.2) is 30.3 Å². The van der Waals surface area contributed by atoms with Crippen molar-refractivity contribution in [1.82, 2.24) is 0 Å². The van der Waals surface area contributed by atoms with E-state index < -0.39 is 0 Å². The van der Waals surface area contributed by atoms with Crippen molar-refractivity contribution in [3.05, 3.63) is 30.3 Å². The molecule has 0 heterocycles. The van der Waals surface area contributed by atoms with Gasteiger partial charge in [0.15, 0.2) is 0 Å². The van der Waals surface area contributed by atoms with Gasteiger partial charge in [0.1, 0.15) is 5.54 Å². The molecule has 2 heteroatoms. The van der Waals surface area contributed by atoms with Gasteiger partial charge in [-0.3, -0.25) is 0 Å². The van der Waals surface area contributed by atoms with Gasteiger partial charge in [-0.1, -0.05) is 25.1 Å². The first-order valence-corrected chi connectivity index (χ1v) is 5.55. The van der Waals surface area contributed by atoms with Gasteiger partial charge < -0.3 is 5.32 Å². The molecule has 0 aliphatic heterocycles. The normalized spacial score (nSPS) is 18.9. The quantitative estimate of drug-likeness (QED) is 0.810. The molecule has 1 aromatic rings. The van der Waals surface area contributed by atoms with Gasteiger partial charge in [-0.2, -0.15) is 5.26 Å². The van der Waals surface area contributed by atoms with Gasteiger partial charge in [0.25, 0.3) is 0 Å². The van der Waals surface area contributed by atoms with E-state index in [1.54, 1.807) is 0 Å². The molecule has 78 valence electrons. The van der Waals surface area contributed by atoms with Crippen molar-refractivity contribution in [2.24, 2.45) is 5.92 Å². The lowest BCUT2D eigenvalue weighted by Gasteiger charge is -2.27.